The Morgan fingerprint density at radius 3 is 1.77 bits per heavy atom. The molecule has 190 valence electrons. The molecule has 0 amide bonds. The van der Waals surface area contributed by atoms with E-state index in [0.29, 0.717) is 0 Å². The lowest BCUT2D eigenvalue weighted by molar-refractivity contribution is 0.577. The summed E-state index contributed by atoms with van der Waals surface area (Å²) in [6.07, 6.45) is 1.83. The first-order chi connectivity index (χ1) is 19.6. The zero-order valence-corrected chi connectivity index (χ0v) is 22.5. The SMILES string of the molecule is C=Cc1c(C)oc2ccc(-c3ccc4sc5ccc(-c6ccc7oc8ccccc8c7c6)cc5c(=O)c4c3)cc12. The average Bonchev–Trinajstić information content (AvgIpc) is 3.52. The van der Waals surface area contributed by atoms with Gasteiger partial charge in [0, 0.05) is 41.9 Å². The largest absolute Gasteiger partial charge is 0.461 e. The smallest absolute Gasteiger partial charge is 0.195 e. The first kappa shape index (κ1) is 23.0. The summed E-state index contributed by atoms with van der Waals surface area (Å²) >= 11 is 1.65. The molecule has 0 fully saturated rings. The predicted octanol–water partition coefficient (Wildman–Crippen LogP) is 10.3. The normalized spacial score (nSPS) is 11.8. The molecule has 3 aromatic heterocycles. The van der Waals surface area contributed by atoms with Crippen molar-refractivity contribution < 1.29 is 8.83 Å². The molecule has 3 nitrogen and oxygen atoms in total. The van der Waals surface area contributed by atoms with Gasteiger partial charge in [-0.25, -0.2) is 0 Å². The average molecular weight is 535 g/mol. The molecule has 0 spiro atoms. The first-order valence-corrected chi connectivity index (χ1v) is 14.0. The first-order valence-electron chi connectivity index (χ1n) is 13.2. The second kappa shape index (κ2) is 8.54. The molecule has 0 saturated carbocycles. The van der Waals surface area contributed by atoms with E-state index in [9.17, 15) is 4.79 Å². The van der Waals surface area contributed by atoms with E-state index >= 15 is 0 Å². The Hall–Kier alpha value is -4.93. The van der Waals surface area contributed by atoms with Gasteiger partial charge in [-0.1, -0.05) is 55.1 Å². The number of hydrogen-bond acceptors (Lipinski definition) is 4. The highest BCUT2D eigenvalue weighted by Gasteiger charge is 2.13. The quantitative estimate of drug-likeness (QED) is 0.212. The standard InChI is InChI=1S/C36H22O3S/c1-3-25-20(2)38-32-12-8-21(16-27(25)32)23-10-14-34-29(18-23)36(37)30-19-24(11-15-35(30)40-34)22-9-13-33-28(17-22)26-6-4-5-7-31(26)39-33/h3-19H,1H2,2H3. The van der Waals surface area contributed by atoms with E-state index in [1.165, 1.54) is 0 Å². The Morgan fingerprint density at radius 2 is 1.12 bits per heavy atom. The second-order valence-electron chi connectivity index (χ2n) is 10.1. The van der Waals surface area contributed by atoms with Crippen LogP contribution < -0.4 is 5.43 Å². The summed E-state index contributed by atoms with van der Waals surface area (Å²) < 4.78 is 13.8. The van der Waals surface area contributed by atoms with E-state index in [2.05, 4.69) is 55.1 Å². The minimum atomic E-state index is 0.0503. The van der Waals surface area contributed by atoms with Crippen LogP contribution >= 0.6 is 11.3 Å². The zero-order valence-electron chi connectivity index (χ0n) is 21.7. The third-order valence-corrected chi connectivity index (χ3v) is 8.98. The van der Waals surface area contributed by atoms with Gasteiger partial charge in [0.25, 0.3) is 0 Å². The van der Waals surface area contributed by atoms with Crippen molar-refractivity contribution in [3.05, 3.63) is 125 Å². The van der Waals surface area contributed by atoms with E-state index in [1.54, 1.807) is 11.3 Å². The molecule has 0 unspecified atom stereocenters. The monoisotopic (exact) mass is 534 g/mol. The molecular weight excluding hydrogens is 512 g/mol. The van der Waals surface area contributed by atoms with Gasteiger partial charge in [0.15, 0.2) is 5.43 Å². The molecule has 0 aliphatic rings. The van der Waals surface area contributed by atoms with Crippen LogP contribution in [-0.2, 0) is 0 Å². The van der Waals surface area contributed by atoms with Gasteiger partial charge < -0.3 is 8.83 Å². The van der Waals surface area contributed by atoms with Crippen LogP contribution in [0.1, 0.15) is 11.3 Å². The van der Waals surface area contributed by atoms with E-state index in [-0.39, 0.29) is 5.43 Å². The Kier molecular flexibility index (Phi) is 4.91. The maximum atomic E-state index is 13.9. The number of aryl methyl sites for hydroxylation is 1. The zero-order chi connectivity index (χ0) is 27.0. The van der Waals surface area contributed by atoms with Crippen LogP contribution in [0, 0.1) is 6.92 Å². The maximum Gasteiger partial charge on any atom is 0.195 e. The number of hydrogen-bond donors (Lipinski definition) is 0. The molecule has 0 aliphatic carbocycles. The van der Waals surface area contributed by atoms with Crippen molar-refractivity contribution in [3.63, 3.8) is 0 Å². The molecule has 0 bridgehead atoms. The molecule has 0 radical (unpaired) electrons. The fourth-order valence-corrected chi connectivity index (χ4v) is 6.83. The van der Waals surface area contributed by atoms with Crippen molar-refractivity contribution in [2.45, 2.75) is 6.92 Å². The summed E-state index contributed by atoms with van der Waals surface area (Å²) in [7, 11) is 0. The van der Waals surface area contributed by atoms with Crippen molar-refractivity contribution in [1.29, 1.82) is 0 Å². The van der Waals surface area contributed by atoms with Crippen LogP contribution in [0.5, 0.6) is 0 Å². The summed E-state index contributed by atoms with van der Waals surface area (Å²) in [5.74, 6) is 0.853. The fourth-order valence-electron chi connectivity index (χ4n) is 5.79. The molecule has 8 aromatic rings. The van der Waals surface area contributed by atoms with E-state index in [0.717, 1.165) is 86.7 Å². The van der Waals surface area contributed by atoms with Crippen molar-refractivity contribution in [3.8, 4) is 22.3 Å². The van der Waals surface area contributed by atoms with Crippen LogP contribution in [-0.4, -0.2) is 0 Å². The number of para-hydroxylation sites is 1. The molecular formula is C36H22O3S. The van der Waals surface area contributed by atoms with Crippen LogP contribution in [0.15, 0.2) is 117 Å². The Balaban J connectivity index is 1.28. The van der Waals surface area contributed by atoms with Gasteiger partial charge in [-0.15, -0.1) is 11.3 Å². The second-order valence-corrected chi connectivity index (χ2v) is 11.2. The number of furan rings is 2. The number of fused-ring (bicyclic) bond motifs is 6. The summed E-state index contributed by atoms with van der Waals surface area (Å²) in [6.45, 7) is 5.90. The van der Waals surface area contributed by atoms with Gasteiger partial charge in [0.1, 0.15) is 22.5 Å². The molecule has 0 atom stereocenters. The van der Waals surface area contributed by atoms with Gasteiger partial charge in [0.2, 0.25) is 0 Å². The molecule has 3 heterocycles. The van der Waals surface area contributed by atoms with Gasteiger partial charge in [-0.3, -0.25) is 4.79 Å². The molecule has 4 heteroatoms. The van der Waals surface area contributed by atoms with E-state index in [4.69, 9.17) is 8.83 Å². The van der Waals surface area contributed by atoms with E-state index in [1.807, 2.05) is 61.5 Å². The van der Waals surface area contributed by atoms with Crippen molar-refractivity contribution in [2.24, 2.45) is 0 Å². The summed E-state index contributed by atoms with van der Waals surface area (Å²) in [6, 6.07) is 32.8. The Morgan fingerprint density at radius 1 is 0.600 bits per heavy atom. The lowest BCUT2D eigenvalue weighted by atomic mass is 9.99. The number of benzene rings is 5. The van der Waals surface area contributed by atoms with E-state index < -0.39 is 0 Å². The summed E-state index contributed by atoms with van der Waals surface area (Å²) in [5, 5.41) is 4.66. The maximum absolute atomic E-state index is 13.9. The Labute approximate surface area is 233 Å². The highest BCUT2D eigenvalue weighted by Crippen LogP contribution is 2.36. The highest BCUT2D eigenvalue weighted by atomic mass is 32.1. The summed E-state index contributed by atoms with van der Waals surface area (Å²) in [5.41, 5.74) is 7.74. The van der Waals surface area contributed by atoms with Crippen LogP contribution in [0.3, 0.4) is 0 Å². The molecule has 0 aliphatic heterocycles. The van der Waals surface area contributed by atoms with Crippen LogP contribution in [0.2, 0.25) is 0 Å². The minimum Gasteiger partial charge on any atom is -0.461 e. The molecule has 40 heavy (non-hydrogen) atoms. The fraction of sp³-hybridized carbons (Fsp3) is 0.0278. The van der Waals surface area contributed by atoms with Crippen LogP contribution in [0.25, 0.3) is 81.4 Å². The van der Waals surface area contributed by atoms with Gasteiger partial charge >= 0.3 is 0 Å². The molecule has 5 aromatic carbocycles. The van der Waals surface area contributed by atoms with Crippen molar-refractivity contribution in [2.75, 3.05) is 0 Å². The lowest BCUT2D eigenvalue weighted by Gasteiger charge is -2.08. The predicted molar refractivity (Wildman–Crippen MR) is 168 cm³/mol. The summed E-state index contributed by atoms with van der Waals surface area (Å²) in [4.78, 5) is 13.9. The minimum absolute atomic E-state index is 0.0503. The van der Waals surface area contributed by atoms with Crippen molar-refractivity contribution >= 4 is 70.5 Å². The molecule has 0 N–H and O–H groups in total. The van der Waals surface area contributed by atoms with Gasteiger partial charge in [0.05, 0.1) is 0 Å². The third-order valence-electron chi connectivity index (χ3n) is 7.83. The Bertz CT molecular complexity index is 2380. The molecule has 0 saturated heterocycles. The lowest BCUT2D eigenvalue weighted by Crippen LogP contribution is -2.01. The van der Waals surface area contributed by atoms with Gasteiger partial charge in [-0.05, 0) is 83.8 Å². The number of rotatable bonds is 3. The van der Waals surface area contributed by atoms with Crippen LogP contribution in [0.4, 0.5) is 0 Å². The topological polar surface area (TPSA) is 43.4 Å². The third kappa shape index (κ3) is 3.40. The highest BCUT2D eigenvalue weighted by molar-refractivity contribution is 7.24. The van der Waals surface area contributed by atoms with Gasteiger partial charge in [-0.2, -0.15) is 0 Å². The molecule has 8 rings (SSSR count). The van der Waals surface area contributed by atoms with Crippen molar-refractivity contribution in [1.82, 2.24) is 0 Å².